The Kier molecular flexibility index (Phi) is 6.74. The Balaban J connectivity index is 2.01. The van der Waals surface area contributed by atoms with Gasteiger partial charge in [0.05, 0.1) is 0 Å². The van der Waals surface area contributed by atoms with Gasteiger partial charge in [-0.3, -0.25) is 4.79 Å². The summed E-state index contributed by atoms with van der Waals surface area (Å²) in [7, 11) is 0. The first-order valence-electron chi connectivity index (χ1n) is 7.47. The predicted molar refractivity (Wildman–Crippen MR) is 91.7 cm³/mol. The van der Waals surface area contributed by atoms with Crippen molar-refractivity contribution in [3.63, 3.8) is 0 Å². The molecule has 0 amide bonds. The molecule has 1 unspecified atom stereocenters. The van der Waals surface area contributed by atoms with Gasteiger partial charge in [0, 0.05) is 23.5 Å². The molecule has 0 saturated carbocycles. The van der Waals surface area contributed by atoms with Gasteiger partial charge in [-0.1, -0.05) is 46.3 Å². The molecule has 122 valence electrons. The minimum atomic E-state index is -0.809. The molecule has 0 heterocycles. The topological polar surface area (TPSA) is 49.3 Å². The Morgan fingerprint density at radius 1 is 1.22 bits per heavy atom. The van der Waals surface area contributed by atoms with Gasteiger partial charge in [-0.15, -0.1) is 0 Å². The smallest absolute Gasteiger partial charge is 0.303 e. The van der Waals surface area contributed by atoms with Gasteiger partial charge in [-0.2, -0.15) is 0 Å². The number of benzene rings is 2. The van der Waals surface area contributed by atoms with E-state index in [0.717, 1.165) is 22.0 Å². The van der Waals surface area contributed by atoms with Gasteiger partial charge in [0.15, 0.2) is 0 Å². The van der Waals surface area contributed by atoms with E-state index < -0.39 is 5.97 Å². The maximum atomic E-state index is 13.3. The molecule has 0 aliphatic carbocycles. The predicted octanol–water partition coefficient (Wildman–Crippen LogP) is 4.15. The fraction of sp³-hybridized carbons (Fsp3) is 0.278. The van der Waals surface area contributed by atoms with E-state index in [-0.39, 0.29) is 18.3 Å². The second-order valence-electron chi connectivity index (χ2n) is 5.44. The van der Waals surface area contributed by atoms with Crippen LogP contribution in [0.1, 0.15) is 24.0 Å². The Morgan fingerprint density at radius 3 is 2.65 bits per heavy atom. The molecule has 0 aliphatic heterocycles. The van der Waals surface area contributed by atoms with Gasteiger partial charge in [0.1, 0.15) is 5.82 Å². The third-order valence-corrected chi connectivity index (χ3v) is 4.39. The monoisotopic (exact) mass is 379 g/mol. The van der Waals surface area contributed by atoms with E-state index in [4.69, 9.17) is 5.11 Å². The molecule has 0 radical (unpaired) electrons. The van der Waals surface area contributed by atoms with E-state index in [1.807, 2.05) is 30.3 Å². The maximum absolute atomic E-state index is 13.3. The largest absolute Gasteiger partial charge is 0.481 e. The van der Waals surface area contributed by atoms with Gasteiger partial charge in [-0.05, 0) is 42.2 Å². The van der Waals surface area contributed by atoms with Crippen LogP contribution in [0.2, 0.25) is 0 Å². The quantitative estimate of drug-likeness (QED) is 0.723. The van der Waals surface area contributed by atoms with Crippen LogP contribution >= 0.6 is 15.9 Å². The van der Waals surface area contributed by atoms with Crippen molar-refractivity contribution in [2.45, 2.75) is 31.8 Å². The second kappa shape index (κ2) is 8.79. The summed E-state index contributed by atoms with van der Waals surface area (Å²) >= 11 is 3.41. The third-order valence-electron chi connectivity index (χ3n) is 3.62. The van der Waals surface area contributed by atoms with Crippen LogP contribution in [0, 0.1) is 5.82 Å². The van der Waals surface area contributed by atoms with Crippen LogP contribution in [0.3, 0.4) is 0 Å². The molecule has 3 nitrogen and oxygen atoms in total. The summed E-state index contributed by atoms with van der Waals surface area (Å²) in [6.45, 7) is 0.482. The molecule has 0 saturated heterocycles. The van der Waals surface area contributed by atoms with Crippen LogP contribution in [0.4, 0.5) is 4.39 Å². The molecule has 0 fully saturated rings. The summed E-state index contributed by atoms with van der Waals surface area (Å²) in [4.78, 5) is 10.8. The molecular formula is C18H19BrFNO2. The van der Waals surface area contributed by atoms with Crippen LogP contribution in [0.25, 0.3) is 0 Å². The first-order chi connectivity index (χ1) is 11.0. The number of carboxylic acids is 1. The van der Waals surface area contributed by atoms with Crippen molar-refractivity contribution in [3.8, 4) is 0 Å². The summed E-state index contributed by atoms with van der Waals surface area (Å²) in [5.41, 5.74) is 1.96. The van der Waals surface area contributed by atoms with Crippen molar-refractivity contribution in [2.24, 2.45) is 0 Å². The van der Waals surface area contributed by atoms with E-state index >= 15 is 0 Å². The highest BCUT2D eigenvalue weighted by Gasteiger charge is 2.12. The molecule has 23 heavy (non-hydrogen) atoms. The van der Waals surface area contributed by atoms with E-state index in [2.05, 4.69) is 21.2 Å². The first kappa shape index (κ1) is 17.6. The Labute approximate surface area is 143 Å². The van der Waals surface area contributed by atoms with Gasteiger partial charge in [0.25, 0.3) is 0 Å². The SMILES string of the molecule is O=C(O)CCC(Cc1ccccc1)NCc1cc(F)ccc1Br. The minimum absolute atomic E-state index is 0.0173. The lowest BCUT2D eigenvalue weighted by Gasteiger charge is -2.19. The van der Waals surface area contributed by atoms with Crippen LogP contribution in [-0.2, 0) is 17.8 Å². The summed E-state index contributed by atoms with van der Waals surface area (Å²) in [5.74, 6) is -1.09. The summed E-state index contributed by atoms with van der Waals surface area (Å²) in [6, 6.07) is 14.5. The number of hydrogen-bond acceptors (Lipinski definition) is 2. The number of carbonyl (C=O) groups is 1. The van der Waals surface area contributed by atoms with Crippen molar-refractivity contribution < 1.29 is 14.3 Å². The normalized spacial score (nSPS) is 12.1. The Bertz CT molecular complexity index is 649. The molecule has 2 aromatic rings. The van der Waals surface area contributed by atoms with E-state index in [0.29, 0.717) is 13.0 Å². The number of aliphatic carboxylic acids is 1. The lowest BCUT2D eigenvalue weighted by Crippen LogP contribution is -2.31. The van der Waals surface area contributed by atoms with Gasteiger partial charge in [0.2, 0.25) is 0 Å². The fourth-order valence-corrected chi connectivity index (χ4v) is 2.79. The average molecular weight is 380 g/mol. The zero-order valence-electron chi connectivity index (χ0n) is 12.6. The number of halogens is 2. The van der Waals surface area contributed by atoms with Crippen molar-refractivity contribution >= 4 is 21.9 Å². The van der Waals surface area contributed by atoms with Crippen LogP contribution in [0.15, 0.2) is 53.0 Å². The zero-order valence-corrected chi connectivity index (χ0v) is 14.2. The summed E-state index contributed by atoms with van der Waals surface area (Å²) < 4.78 is 14.2. The second-order valence-corrected chi connectivity index (χ2v) is 6.29. The van der Waals surface area contributed by atoms with Gasteiger partial charge in [-0.25, -0.2) is 4.39 Å². The molecule has 0 aromatic heterocycles. The summed E-state index contributed by atoms with van der Waals surface area (Å²) in [5, 5.41) is 12.3. The van der Waals surface area contributed by atoms with Gasteiger partial charge >= 0.3 is 5.97 Å². The highest BCUT2D eigenvalue weighted by Crippen LogP contribution is 2.18. The first-order valence-corrected chi connectivity index (χ1v) is 8.27. The molecule has 0 bridgehead atoms. The molecule has 2 rings (SSSR count). The highest BCUT2D eigenvalue weighted by atomic mass is 79.9. The van der Waals surface area contributed by atoms with E-state index in [1.165, 1.54) is 12.1 Å². The van der Waals surface area contributed by atoms with Crippen molar-refractivity contribution in [2.75, 3.05) is 0 Å². The highest BCUT2D eigenvalue weighted by molar-refractivity contribution is 9.10. The lowest BCUT2D eigenvalue weighted by atomic mass is 10.0. The van der Waals surface area contributed by atoms with E-state index in [1.54, 1.807) is 6.07 Å². The third kappa shape index (κ3) is 6.12. The lowest BCUT2D eigenvalue weighted by molar-refractivity contribution is -0.137. The molecule has 0 spiro atoms. The molecule has 2 aromatic carbocycles. The van der Waals surface area contributed by atoms with Crippen molar-refractivity contribution in [3.05, 3.63) is 69.9 Å². The maximum Gasteiger partial charge on any atom is 0.303 e. The molecule has 2 N–H and O–H groups in total. The number of nitrogens with one attached hydrogen (secondary N) is 1. The number of rotatable bonds is 8. The van der Waals surface area contributed by atoms with Crippen LogP contribution in [-0.4, -0.2) is 17.1 Å². The zero-order chi connectivity index (χ0) is 16.7. The molecule has 0 aliphatic rings. The number of hydrogen-bond donors (Lipinski definition) is 2. The standard InChI is InChI=1S/C18H19BrFNO2/c19-17-8-6-15(20)11-14(17)12-21-16(7-9-18(22)23)10-13-4-2-1-3-5-13/h1-6,8,11,16,21H,7,9-10,12H2,(H,22,23). The van der Waals surface area contributed by atoms with Crippen molar-refractivity contribution in [1.29, 1.82) is 0 Å². The Morgan fingerprint density at radius 2 is 1.96 bits per heavy atom. The molecule has 1 atom stereocenters. The number of carboxylic acid groups (broad SMARTS) is 1. The average Bonchev–Trinajstić information content (AvgIpc) is 2.54. The van der Waals surface area contributed by atoms with Gasteiger partial charge < -0.3 is 10.4 Å². The Hall–Kier alpha value is -1.72. The molecule has 5 heteroatoms. The van der Waals surface area contributed by atoms with E-state index in [9.17, 15) is 9.18 Å². The molecular weight excluding hydrogens is 361 g/mol. The summed E-state index contributed by atoms with van der Waals surface area (Å²) in [6.07, 6.45) is 1.37. The van der Waals surface area contributed by atoms with Crippen LogP contribution < -0.4 is 5.32 Å². The van der Waals surface area contributed by atoms with Crippen LogP contribution in [0.5, 0.6) is 0 Å². The fourth-order valence-electron chi connectivity index (χ4n) is 2.41. The minimum Gasteiger partial charge on any atom is -0.481 e. The van der Waals surface area contributed by atoms with Crippen molar-refractivity contribution in [1.82, 2.24) is 5.32 Å².